The molecule has 3 aromatic rings. The van der Waals surface area contributed by atoms with Crippen LogP contribution in [0.25, 0.3) is 11.4 Å². The van der Waals surface area contributed by atoms with Crippen molar-refractivity contribution in [3.8, 4) is 17.1 Å². The zero-order chi connectivity index (χ0) is 20.8. The quantitative estimate of drug-likeness (QED) is 0.437. The summed E-state index contributed by atoms with van der Waals surface area (Å²) in [5.41, 5.74) is 2.84. The molecule has 3 rings (SSSR count). The number of allylic oxidation sites excluding steroid dienone is 1. The van der Waals surface area contributed by atoms with Crippen LogP contribution in [0.4, 0.5) is 5.69 Å². The third-order valence-electron chi connectivity index (χ3n) is 4.35. The lowest BCUT2D eigenvalue weighted by Crippen LogP contribution is -2.23. The number of benzene rings is 2. The highest BCUT2D eigenvalue weighted by molar-refractivity contribution is 8.00. The summed E-state index contributed by atoms with van der Waals surface area (Å²) in [6.07, 6.45) is 1.79. The highest BCUT2D eigenvalue weighted by Gasteiger charge is 2.20. The molecule has 29 heavy (non-hydrogen) atoms. The van der Waals surface area contributed by atoms with Gasteiger partial charge < -0.3 is 10.1 Å². The number of anilines is 1. The Hall–Kier alpha value is -3.06. The lowest BCUT2D eigenvalue weighted by molar-refractivity contribution is -0.115. The second-order valence-electron chi connectivity index (χ2n) is 6.55. The average molecular weight is 409 g/mol. The average Bonchev–Trinajstić information content (AvgIpc) is 3.12. The minimum absolute atomic E-state index is 0.0852. The van der Waals surface area contributed by atoms with Gasteiger partial charge in [-0.15, -0.1) is 16.8 Å². The van der Waals surface area contributed by atoms with Crippen molar-refractivity contribution in [1.82, 2.24) is 14.8 Å². The Morgan fingerprint density at radius 1 is 1.21 bits per heavy atom. The minimum atomic E-state index is -0.340. The molecule has 1 N–H and O–H groups in total. The number of methoxy groups -OCH3 is 1. The maximum absolute atomic E-state index is 12.6. The molecular weight excluding hydrogens is 384 g/mol. The Bertz CT molecular complexity index is 981. The van der Waals surface area contributed by atoms with Crippen LogP contribution in [0.2, 0.25) is 0 Å². The lowest BCUT2D eigenvalue weighted by Gasteiger charge is -2.13. The van der Waals surface area contributed by atoms with Crippen LogP contribution in [0, 0.1) is 6.92 Å². The van der Waals surface area contributed by atoms with Gasteiger partial charge in [-0.3, -0.25) is 9.36 Å². The van der Waals surface area contributed by atoms with Gasteiger partial charge in [-0.25, -0.2) is 0 Å². The number of thioether (sulfide) groups is 1. The highest BCUT2D eigenvalue weighted by Crippen LogP contribution is 2.28. The van der Waals surface area contributed by atoms with E-state index in [1.54, 1.807) is 13.2 Å². The number of ether oxygens (including phenoxy) is 1. The van der Waals surface area contributed by atoms with E-state index in [9.17, 15) is 4.79 Å². The van der Waals surface area contributed by atoms with Crippen LogP contribution in [-0.4, -0.2) is 33.0 Å². The van der Waals surface area contributed by atoms with Crippen molar-refractivity contribution >= 4 is 23.4 Å². The Kier molecular flexibility index (Phi) is 6.72. The zero-order valence-corrected chi connectivity index (χ0v) is 17.6. The summed E-state index contributed by atoms with van der Waals surface area (Å²) in [6.45, 7) is 8.24. The molecule has 0 saturated carbocycles. The van der Waals surface area contributed by atoms with E-state index in [1.807, 2.05) is 66.9 Å². The van der Waals surface area contributed by atoms with Gasteiger partial charge in [-0.1, -0.05) is 35.5 Å². The Balaban J connectivity index is 1.77. The van der Waals surface area contributed by atoms with Crippen molar-refractivity contribution in [2.75, 3.05) is 12.4 Å². The van der Waals surface area contributed by atoms with E-state index in [-0.39, 0.29) is 11.2 Å². The summed E-state index contributed by atoms with van der Waals surface area (Å²) in [7, 11) is 1.63. The SMILES string of the molecule is C=CCn1c(S[C@H](C)C(=O)Nc2ccc(C)cc2)nnc1-c1ccc(OC)cc1. The van der Waals surface area contributed by atoms with E-state index in [1.165, 1.54) is 11.8 Å². The highest BCUT2D eigenvalue weighted by atomic mass is 32.2. The fourth-order valence-corrected chi connectivity index (χ4v) is 3.57. The van der Waals surface area contributed by atoms with E-state index in [0.29, 0.717) is 11.7 Å². The fraction of sp³-hybridized carbons (Fsp3) is 0.227. The third-order valence-corrected chi connectivity index (χ3v) is 5.43. The van der Waals surface area contributed by atoms with Crippen molar-refractivity contribution in [2.45, 2.75) is 30.8 Å². The molecule has 0 fully saturated rings. The van der Waals surface area contributed by atoms with Crippen molar-refractivity contribution in [3.05, 3.63) is 66.7 Å². The second kappa shape index (κ2) is 9.43. The van der Waals surface area contributed by atoms with Crippen molar-refractivity contribution < 1.29 is 9.53 Å². The first-order valence-corrected chi connectivity index (χ1v) is 10.1. The third kappa shape index (κ3) is 5.06. The summed E-state index contributed by atoms with van der Waals surface area (Å²) in [4.78, 5) is 12.6. The van der Waals surface area contributed by atoms with Gasteiger partial charge in [0.25, 0.3) is 0 Å². The van der Waals surface area contributed by atoms with Gasteiger partial charge in [0.1, 0.15) is 5.75 Å². The van der Waals surface area contributed by atoms with Crippen LogP contribution in [0.1, 0.15) is 12.5 Å². The standard InChI is InChI=1S/C22H24N4O2S/c1-5-14-26-20(17-8-12-19(28-4)13-9-17)24-25-22(26)29-16(3)21(27)23-18-10-6-15(2)7-11-18/h5-13,16H,1,14H2,2-4H3,(H,23,27)/t16-/m1/s1. The Morgan fingerprint density at radius 2 is 1.90 bits per heavy atom. The largest absolute Gasteiger partial charge is 0.497 e. The number of carbonyl (C=O) groups is 1. The topological polar surface area (TPSA) is 69.0 Å². The first-order valence-electron chi connectivity index (χ1n) is 9.24. The molecule has 7 heteroatoms. The Labute approximate surface area is 175 Å². The van der Waals surface area contributed by atoms with Gasteiger partial charge in [0.05, 0.1) is 12.4 Å². The first kappa shape index (κ1) is 20.7. The molecular formula is C22H24N4O2S. The van der Waals surface area contributed by atoms with E-state index in [4.69, 9.17) is 4.74 Å². The molecule has 0 aliphatic rings. The van der Waals surface area contributed by atoms with Crippen LogP contribution in [-0.2, 0) is 11.3 Å². The van der Waals surface area contributed by atoms with Crippen molar-refractivity contribution in [2.24, 2.45) is 0 Å². The van der Waals surface area contributed by atoms with Gasteiger partial charge in [-0.2, -0.15) is 0 Å². The number of hydrogen-bond donors (Lipinski definition) is 1. The molecule has 6 nitrogen and oxygen atoms in total. The molecule has 1 amide bonds. The van der Waals surface area contributed by atoms with Crippen LogP contribution in [0.15, 0.2) is 66.3 Å². The molecule has 0 bridgehead atoms. The van der Waals surface area contributed by atoms with Gasteiger partial charge >= 0.3 is 0 Å². The molecule has 0 aliphatic carbocycles. The number of amides is 1. The number of aromatic nitrogens is 3. The van der Waals surface area contributed by atoms with Crippen LogP contribution >= 0.6 is 11.8 Å². The molecule has 1 atom stereocenters. The van der Waals surface area contributed by atoms with Crippen LogP contribution in [0.3, 0.4) is 0 Å². The zero-order valence-electron chi connectivity index (χ0n) is 16.8. The second-order valence-corrected chi connectivity index (χ2v) is 7.86. The van der Waals surface area contributed by atoms with E-state index >= 15 is 0 Å². The molecule has 0 saturated heterocycles. The molecule has 0 radical (unpaired) electrons. The summed E-state index contributed by atoms with van der Waals surface area (Å²) in [5.74, 6) is 1.42. The number of hydrogen-bond acceptors (Lipinski definition) is 5. The molecule has 0 unspecified atom stereocenters. The molecule has 1 aromatic heterocycles. The summed E-state index contributed by atoms with van der Waals surface area (Å²) in [6, 6.07) is 15.4. The predicted octanol–water partition coefficient (Wildman–Crippen LogP) is 4.57. The van der Waals surface area contributed by atoms with Gasteiger partial charge in [0, 0.05) is 17.8 Å². The Morgan fingerprint density at radius 3 is 2.52 bits per heavy atom. The lowest BCUT2D eigenvalue weighted by atomic mass is 10.2. The monoisotopic (exact) mass is 408 g/mol. The summed E-state index contributed by atoms with van der Waals surface area (Å²) < 4.78 is 7.17. The maximum Gasteiger partial charge on any atom is 0.237 e. The number of nitrogens with zero attached hydrogens (tertiary/aromatic N) is 3. The van der Waals surface area contributed by atoms with E-state index < -0.39 is 0 Å². The van der Waals surface area contributed by atoms with E-state index in [0.717, 1.165) is 28.4 Å². The molecule has 2 aromatic carbocycles. The van der Waals surface area contributed by atoms with E-state index in [2.05, 4.69) is 22.1 Å². The van der Waals surface area contributed by atoms with Gasteiger partial charge in [-0.05, 0) is 50.2 Å². The smallest absolute Gasteiger partial charge is 0.237 e. The van der Waals surface area contributed by atoms with Crippen LogP contribution < -0.4 is 10.1 Å². The molecule has 0 aliphatic heterocycles. The predicted molar refractivity (Wildman–Crippen MR) is 117 cm³/mol. The molecule has 1 heterocycles. The summed E-state index contributed by atoms with van der Waals surface area (Å²) in [5, 5.41) is 11.9. The number of rotatable bonds is 8. The van der Waals surface area contributed by atoms with Gasteiger partial charge in [0.2, 0.25) is 5.91 Å². The fourth-order valence-electron chi connectivity index (χ4n) is 2.72. The first-order chi connectivity index (χ1) is 14.0. The molecule has 150 valence electrons. The van der Waals surface area contributed by atoms with Gasteiger partial charge in [0.15, 0.2) is 11.0 Å². The normalized spacial score (nSPS) is 11.7. The van der Waals surface area contributed by atoms with Crippen LogP contribution in [0.5, 0.6) is 5.75 Å². The number of nitrogens with one attached hydrogen (secondary N) is 1. The molecule has 0 spiro atoms. The minimum Gasteiger partial charge on any atom is -0.497 e. The summed E-state index contributed by atoms with van der Waals surface area (Å²) >= 11 is 1.37. The number of carbonyl (C=O) groups excluding carboxylic acids is 1. The number of aryl methyl sites for hydroxylation is 1. The maximum atomic E-state index is 12.6. The van der Waals surface area contributed by atoms with Crippen molar-refractivity contribution in [3.63, 3.8) is 0 Å². The van der Waals surface area contributed by atoms with Crippen molar-refractivity contribution in [1.29, 1.82) is 0 Å².